The molecule has 0 saturated heterocycles. The first-order valence-electron chi connectivity index (χ1n) is 6.56. The van der Waals surface area contributed by atoms with E-state index >= 15 is 0 Å². The van der Waals surface area contributed by atoms with Gasteiger partial charge >= 0.3 is 0 Å². The van der Waals surface area contributed by atoms with Crippen molar-refractivity contribution in [2.45, 2.75) is 13.0 Å². The lowest BCUT2D eigenvalue weighted by Crippen LogP contribution is -2.25. The molecule has 0 aliphatic rings. The number of aromatic nitrogens is 3. The highest BCUT2D eigenvalue weighted by Gasteiger charge is 2.09. The molecule has 0 spiro atoms. The Bertz CT molecular complexity index is 706. The van der Waals surface area contributed by atoms with Crippen LogP contribution in [0.2, 0.25) is 0 Å². The number of carbonyl (C=O) groups excluding carboxylic acids is 1. The Morgan fingerprint density at radius 2 is 2.05 bits per heavy atom. The standard InChI is InChI=1S/C15H14N4OS/c20-15(9-13-7-4-8-21-13)16-10-14-18-17-11-19(14)12-5-2-1-3-6-12/h1-8,11H,9-10H2,(H,16,20). The van der Waals surface area contributed by atoms with E-state index in [9.17, 15) is 4.79 Å². The first-order valence-corrected chi connectivity index (χ1v) is 7.44. The van der Waals surface area contributed by atoms with Crippen LogP contribution in [0.4, 0.5) is 0 Å². The van der Waals surface area contributed by atoms with Gasteiger partial charge in [-0.1, -0.05) is 24.3 Å². The number of benzene rings is 1. The number of thiophene rings is 1. The molecule has 21 heavy (non-hydrogen) atoms. The van der Waals surface area contributed by atoms with E-state index < -0.39 is 0 Å². The summed E-state index contributed by atoms with van der Waals surface area (Å²) in [6, 6.07) is 13.7. The molecule has 2 heterocycles. The highest BCUT2D eigenvalue weighted by molar-refractivity contribution is 7.10. The van der Waals surface area contributed by atoms with Crippen LogP contribution in [0.25, 0.3) is 5.69 Å². The van der Waals surface area contributed by atoms with Crippen molar-refractivity contribution in [3.63, 3.8) is 0 Å². The minimum atomic E-state index is -0.0138. The van der Waals surface area contributed by atoms with Gasteiger partial charge in [-0.05, 0) is 23.6 Å². The Kier molecular flexibility index (Phi) is 4.07. The van der Waals surface area contributed by atoms with Gasteiger partial charge in [0.15, 0.2) is 5.82 Å². The van der Waals surface area contributed by atoms with Crippen LogP contribution in [0.3, 0.4) is 0 Å². The molecule has 1 N–H and O–H groups in total. The van der Waals surface area contributed by atoms with Crippen molar-refractivity contribution in [1.82, 2.24) is 20.1 Å². The minimum Gasteiger partial charge on any atom is -0.348 e. The second kappa shape index (κ2) is 6.32. The van der Waals surface area contributed by atoms with Crippen molar-refractivity contribution in [2.24, 2.45) is 0 Å². The van der Waals surface area contributed by atoms with Gasteiger partial charge in [0, 0.05) is 10.6 Å². The van der Waals surface area contributed by atoms with Gasteiger partial charge in [-0.15, -0.1) is 21.5 Å². The van der Waals surface area contributed by atoms with E-state index in [0.29, 0.717) is 18.8 Å². The number of hydrogen-bond acceptors (Lipinski definition) is 4. The van der Waals surface area contributed by atoms with Crippen LogP contribution in [0, 0.1) is 0 Å². The fourth-order valence-corrected chi connectivity index (χ4v) is 2.70. The zero-order chi connectivity index (χ0) is 14.5. The lowest BCUT2D eigenvalue weighted by molar-refractivity contribution is -0.120. The van der Waals surface area contributed by atoms with Crippen molar-refractivity contribution < 1.29 is 4.79 Å². The SMILES string of the molecule is O=C(Cc1cccs1)NCc1nncn1-c1ccccc1. The molecule has 0 aliphatic carbocycles. The number of amides is 1. The van der Waals surface area contributed by atoms with Gasteiger partial charge in [-0.3, -0.25) is 9.36 Å². The fourth-order valence-electron chi connectivity index (χ4n) is 2.00. The molecule has 1 aromatic carbocycles. The molecular formula is C15H14N4OS. The third-order valence-electron chi connectivity index (χ3n) is 3.01. The maximum Gasteiger partial charge on any atom is 0.225 e. The summed E-state index contributed by atoms with van der Waals surface area (Å²) in [7, 11) is 0. The lowest BCUT2D eigenvalue weighted by Gasteiger charge is -2.07. The average Bonchev–Trinajstić information content (AvgIpc) is 3.17. The minimum absolute atomic E-state index is 0.0138. The summed E-state index contributed by atoms with van der Waals surface area (Å²) < 4.78 is 1.87. The summed E-state index contributed by atoms with van der Waals surface area (Å²) in [5.74, 6) is 0.695. The Morgan fingerprint density at radius 1 is 1.19 bits per heavy atom. The summed E-state index contributed by atoms with van der Waals surface area (Å²) in [4.78, 5) is 12.9. The van der Waals surface area contributed by atoms with E-state index in [0.717, 1.165) is 10.6 Å². The van der Waals surface area contributed by atoms with Gasteiger partial charge in [-0.2, -0.15) is 0 Å². The van der Waals surface area contributed by atoms with Crippen LogP contribution in [0.1, 0.15) is 10.7 Å². The summed E-state index contributed by atoms with van der Waals surface area (Å²) in [6.07, 6.45) is 2.05. The molecule has 0 radical (unpaired) electrons. The largest absolute Gasteiger partial charge is 0.348 e. The molecule has 2 aromatic heterocycles. The molecule has 3 rings (SSSR count). The Hall–Kier alpha value is -2.47. The van der Waals surface area contributed by atoms with Crippen molar-refractivity contribution in [3.8, 4) is 5.69 Å². The summed E-state index contributed by atoms with van der Waals surface area (Å²) in [6.45, 7) is 0.360. The van der Waals surface area contributed by atoms with Crippen molar-refractivity contribution in [2.75, 3.05) is 0 Å². The van der Waals surface area contributed by atoms with Crippen molar-refractivity contribution in [3.05, 3.63) is 64.9 Å². The number of nitrogens with one attached hydrogen (secondary N) is 1. The third kappa shape index (κ3) is 3.35. The maximum absolute atomic E-state index is 11.9. The number of para-hydroxylation sites is 1. The van der Waals surface area contributed by atoms with Gasteiger partial charge in [0.05, 0.1) is 13.0 Å². The summed E-state index contributed by atoms with van der Waals surface area (Å²) in [5, 5.41) is 12.8. The van der Waals surface area contributed by atoms with E-state index in [2.05, 4.69) is 15.5 Å². The molecule has 1 amide bonds. The van der Waals surface area contributed by atoms with E-state index in [1.54, 1.807) is 17.7 Å². The van der Waals surface area contributed by atoms with E-state index in [-0.39, 0.29) is 5.91 Å². The van der Waals surface area contributed by atoms with Gasteiger partial charge in [-0.25, -0.2) is 0 Å². The van der Waals surface area contributed by atoms with E-state index in [1.165, 1.54) is 0 Å². The molecular weight excluding hydrogens is 284 g/mol. The monoisotopic (exact) mass is 298 g/mol. The average molecular weight is 298 g/mol. The number of hydrogen-bond donors (Lipinski definition) is 1. The molecule has 3 aromatic rings. The zero-order valence-electron chi connectivity index (χ0n) is 11.3. The van der Waals surface area contributed by atoms with E-state index in [4.69, 9.17) is 0 Å². The molecule has 5 nitrogen and oxygen atoms in total. The molecule has 0 aliphatic heterocycles. The smallest absolute Gasteiger partial charge is 0.225 e. The fraction of sp³-hybridized carbons (Fsp3) is 0.133. The lowest BCUT2D eigenvalue weighted by atomic mass is 10.3. The predicted octanol–water partition coefficient (Wildman–Crippen LogP) is 2.19. The quantitative estimate of drug-likeness (QED) is 0.785. The van der Waals surface area contributed by atoms with Gasteiger partial charge in [0.25, 0.3) is 0 Å². The van der Waals surface area contributed by atoms with E-state index in [1.807, 2.05) is 52.4 Å². The highest BCUT2D eigenvalue weighted by Crippen LogP contribution is 2.10. The zero-order valence-corrected chi connectivity index (χ0v) is 12.1. The number of rotatable bonds is 5. The molecule has 0 unspecified atom stereocenters. The van der Waals surface area contributed by atoms with Crippen molar-refractivity contribution >= 4 is 17.2 Å². The van der Waals surface area contributed by atoms with Gasteiger partial charge < -0.3 is 5.32 Å². The summed E-state index contributed by atoms with van der Waals surface area (Å²) in [5.41, 5.74) is 0.977. The Morgan fingerprint density at radius 3 is 2.81 bits per heavy atom. The normalized spacial score (nSPS) is 10.5. The molecule has 6 heteroatoms. The Balaban J connectivity index is 1.64. The van der Waals surface area contributed by atoms with Crippen LogP contribution in [-0.2, 0) is 17.8 Å². The van der Waals surface area contributed by atoms with Crippen LogP contribution >= 0.6 is 11.3 Å². The number of nitrogens with zero attached hydrogens (tertiary/aromatic N) is 3. The second-order valence-corrected chi connectivity index (χ2v) is 5.52. The molecule has 0 bridgehead atoms. The maximum atomic E-state index is 11.9. The Labute approximate surface area is 126 Å². The highest BCUT2D eigenvalue weighted by atomic mass is 32.1. The first-order chi connectivity index (χ1) is 10.3. The molecule has 0 saturated carbocycles. The van der Waals surface area contributed by atoms with Crippen LogP contribution in [-0.4, -0.2) is 20.7 Å². The first kappa shape index (κ1) is 13.5. The van der Waals surface area contributed by atoms with Gasteiger partial charge in [0.1, 0.15) is 6.33 Å². The topological polar surface area (TPSA) is 59.8 Å². The molecule has 0 fully saturated rings. The predicted molar refractivity (Wildman–Crippen MR) is 81.2 cm³/mol. The molecule has 106 valence electrons. The number of carbonyl (C=O) groups is 1. The van der Waals surface area contributed by atoms with Crippen molar-refractivity contribution in [1.29, 1.82) is 0 Å². The molecule has 0 atom stereocenters. The third-order valence-corrected chi connectivity index (χ3v) is 3.89. The second-order valence-electron chi connectivity index (χ2n) is 4.49. The van der Waals surface area contributed by atoms with Gasteiger partial charge in [0.2, 0.25) is 5.91 Å². The van der Waals surface area contributed by atoms with Crippen LogP contribution in [0.5, 0.6) is 0 Å². The van der Waals surface area contributed by atoms with Crippen LogP contribution in [0.15, 0.2) is 54.2 Å². The summed E-state index contributed by atoms with van der Waals surface area (Å²) >= 11 is 1.58. The van der Waals surface area contributed by atoms with Crippen LogP contribution < -0.4 is 5.32 Å².